The Labute approximate surface area is 102 Å². The van der Waals surface area contributed by atoms with Crippen LogP contribution in [0.5, 0.6) is 5.75 Å². The van der Waals surface area contributed by atoms with Crippen LogP contribution in [0, 0.1) is 5.41 Å². The van der Waals surface area contributed by atoms with Crippen molar-refractivity contribution < 1.29 is 9.47 Å². The predicted octanol–water partition coefficient (Wildman–Crippen LogP) is 1.47. The lowest BCUT2D eigenvalue weighted by Crippen LogP contribution is -2.52. The Bertz CT molecular complexity index is 359. The summed E-state index contributed by atoms with van der Waals surface area (Å²) in [6.07, 6.45) is 0. The van der Waals surface area contributed by atoms with Crippen LogP contribution < -0.4 is 15.8 Å². The molecule has 0 saturated carbocycles. The third-order valence-electron chi connectivity index (χ3n) is 3.09. The van der Waals surface area contributed by atoms with Crippen LogP contribution in [-0.4, -0.2) is 32.9 Å². The second kappa shape index (κ2) is 5.38. The largest absolute Gasteiger partial charge is 0.492 e. The molecular weight excluding hydrogens is 216 g/mol. The Morgan fingerprint density at radius 1 is 1.41 bits per heavy atom. The van der Waals surface area contributed by atoms with E-state index in [9.17, 15) is 0 Å². The van der Waals surface area contributed by atoms with Crippen LogP contribution in [0.15, 0.2) is 24.3 Å². The number of nitrogens with two attached hydrogens (primary N) is 1. The molecule has 0 unspecified atom stereocenters. The number of hydrogen-bond acceptors (Lipinski definition) is 4. The summed E-state index contributed by atoms with van der Waals surface area (Å²) in [5.74, 6) is 0.891. The first-order valence-electron chi connectivity index (χ1n) is 6.03. The Kier molecular flexibility index (Phi) is 3.86. The van der Waals surface area contributed by atoms with E-state index in [-0.39, 0.29) is 5.41 Å². The van der Waals surface area contributed by atoms with Crippen molar-refractivity contribution in [1.82, 2.24) is 0 Å². The number of benzene rings is 1. The van der Waals surface area contributed by atoms with E-state index in [0.717, 1.165) is 31.2 Å². The average Bonchev–Trinajstić information content (AvgIpc) is 2.31. The van der Waals surface area contributed by atoms with Gasteiger partial charge in [-0.25, -0.2) is 0 Å². The number of anilines is 1. The molecule has 1 saturated heterocycles. The molecule has 1 fully saturated rings. The highest BCUT2D eigenvalue weighted by Gasteiger charge is 2.37. The average molecular weight is 236 g/mol. The molecule has 0 amide bonds. The fourth-order valence-electron chi connectivity index (χ4n) is 1.86. The predicted molar refractivity (Wildman–Crippen MR) is 68.4 cm³/mol. The minimum Gasteiger partial charge on any atom is -0.492 e. The molecular formula is C13H20N2O2. The van der Waals surface area contributed by atoms with Crippen molar-refractivity contribution in [2.75, 3.05) is 38.2 Å². The van der Waals surface area contributed by atoms with E-state index >= 15 is 0 Å². The van der Waals surface area contributed by atoms with Gasteiger partial charge in [0.15, 0.2) is 0 Å². The van der Waals surface area contributed by atoms with Gasteiger partial charge in [-0.15, -0.1) is 0 Å². The van der Waals surface area contributed by atoms with Crippen molar-refractivity contribution in [2.45, 2.75) is 6.92 Å². The van der Waals surface area contributed by atoms with Gasteiger partial charge < -0.3 is 20.5 Å². The summed E-state index contributed by atoms with van der Waals surface area (Å²) in [7, 11) is 0. The highest BCUT2D eigenvalue weighted by atomic mass is 16.5. The second-order valence-corrected chi connectivity index (χ2v) is 4.48. The molecule has 0 bridgehead atoms. The van der Waals surface area contributed by atoms with Gasteiger partial charge in [0.1, 0.15) is 5.75 Å². The standard InChI is InChI=1S/C13H20N2O2/c1-2-17-12-6-4-3-5-11(12)15-8-13(7-14)9-16-10-13/h3-6,15H,2,7-10,14H2,1H3. The molecule has 2 rings (SSSR count). The number of para-hydroxylation sites is 2. The van der Waals surface area contributed by atoms with E-state index in [1.807, 2.05) is 31.2 Å². The summed E-state index contributed by atoms with van der Waals surface area (Å²) in [5, 5.41) is 3.41. The Morgan fingerprint density at radius 2 is 2.18 bits per heavy atom. The van der Waals surface area contributed by atoms with Crippen LogP contribution in [0.4, 0.5) is 5.69 Å². The summed E-state index contributed by atoms with van der Waals surface area (Å²) >= 11 is 0. The molecule has 0 aliphatic carbocycles. The van der Waals surface area contributed by atoms with Gasteiger partial charge in [0.25, 0.3) is 0 Å². The highest BCUT2D eigenvalue weighted by Crippen LogP contribution is 2.29. The first-order valence-corrected chi connectivity index (χ1v) is 6.03. The van der Waals surface area contributed by atoms with E-state index in [2.05, 4.69) is 5.32 Å². The topological polar surface area (TPSA) is 56.5 Å². The first kappa shape index (κ1) is 12.2. The van der Waals surface area contributed by atoms with Crippen LogP contribution in [0.25, 0.3) is 0 Å². The maximum absolute atomic E-state index is 5.78. The maximum Gasteiger partial charge on any atom is 0.142 e. The van der Waals surface area contributed by atoms with E-state index < -0.39 is 0 Å². The highest BCUT2D eigenvalue weighted by molar-refractivity contribution is 5.56. The molecule has 0 atom stereocenters. The first-order chi connectivity index (χ1) is 8.29. The van der Waals surface area contributed by atoms with Gasteiger partial charge in [-0.1, -0.05) is 12.1 Å². The molecule has 1 heterocycles. The van der Waals surface area contributed by atoms with Crippen LogP contribution in [0.1, 0.15) is 6.92 Å². The zero-order valence-corrected chi connectivity index (χ0v) is 10.2. The minimum atomic E-state index is 0.0966. The molecule has 94 valence electrons. The van der Waals surface area contributed by atoms with Gasteiger partial charge >= 0.3 is 0 Å². The summed E-state index contributed by atoms with van der Waals surface area (Å²) < 4.78 is 10.8. The van der Waals surface area contributed by atoms with Crippen molar-refractivity contribution in [1.29, 1.82) is 0 Å². The van der Waals surface area contributed by atoms with Crippen molar-refractivity contribution >= 4 is 5.69 Å². The zero-order valence-electron chi connectivity index (χ0n) is 10.2. The minimum absolute atomic E-state index is 0.0966. The maximum atomic E-state index is 5.78. The van der Waals surface area contributed by atoms with Gasteiger partial charge in [-0.05, 0) is 19.1 Å². The SMILES string of the molecule is CCOc1ccccc1NCC1(CN)COC1. The molecule has 4 heteroatoms. The smallest absolute Gasteiger partial charge is 0.142 e. The third kappa shape index (κ3) is 2.70. The molecule has 1 aromatic carbocycles. The summed E-state index contributed by atoms with van der Waals surface area (Å²) in [6.45, 7) is 5.62. The monoisotopic (exact) mass is 236 g/mol. The molecule has 1 aliphatic heterocycles. The molecule has 0 aromatic heterocycles. The van der Waals surface area contributed by atoms with Gasteiger partial charge in [-0.3, -0.25) is 0 Å². The molecule has 4 nitrogen and oxygen atoms in total. The fourth-order valence-corrected chi connectivity index (χ4v) is 1.86. The molecule has 0 spiro atoms. The number of ether oxygens (including phenoxy) is 2. The fraction of sp³-hybridized carbons (Fsp3) is 0.538. The van der Waals surface area contributed by atoms with Crippen molar-refractivity contribution in [3.8, 4) is 5.75 Å². The number of nitrogens with one attached hydrogen (secondary N) is 1. The van der Waals surface area contributed by atoms with Crippen LogP contribution >= 0.6 is 0 Å². The van der Waals surface area contributed by atoms with E-state index in [1.54, 1.807) is 0 Å². The van der Waals surface area contributed by atoms with E-state index in [1.165, 1.54) is 0 Å². The van der Waals surface area contributed by atoms with Crippen molar-refractivity contribution in [3.05, 3.63) is 24.3 Å². The lowest BCUT2D eigenvalue weighted by Gasteiger charge is -2.40. The Morgan fingerprint density at radius 3 is 2.76 bits per heavy atom. The summed E-state index contributed by atoms with van der Waals surface area (Å²) in [5.41, 5.74) is 6.90. The molecule has 1 aromatic rings. The van der Waals surface area contributed by atoms with Crippen LogP contribution in [0.3, 0.4) is 0 Å². The van der Waals surface area contributed by atoms with E-state index in [4.69, 9.17) is 15.2 Å². The summed E-state index contributed by atoms with van der Waals surface area (Å²) in [4.78, 5) is 0. The molecule has 1 aliphatic rings. The van der Waals surface area contributed by atoms with Gasteiger partial charge in [0, 0.05) is 18.5 Å². The Balaban J connectivity index is 1.98. The van der Waals surface area contributed by atoms with Crippen molar-refractivity contribution in [2.24, 2.45) is 11.1 Å². The Hall–Kier alpha value is -1.26. The number of hydrogen-bond donors (Lipinski definition) is 2. The zero-order chi connectivity index (χ0) is 12.1. The quantitative estimate of drug-likeness (QED) is 0.785. The van der Waals surface area contributed by atoms with Gasteiger partial charge in [-0.2, -0.15) is 0 Å². The normalized spacial score (nSPS) is 17.3. The van der Waals surface area contributed by atoms with Crippen molar-refractivity contribution in [3.63, 3.8) is 0 Å². The van der Waals surface area contributed by atoms with Crippen LogP contribution in [-0.2, 0) is 4.74 Å². The molecule has 3 N–H and O–H groups in total. The second-order valence-electron chi connectivity index (χ2n) is 4.48. The van der Waals surface area contributed by atoms with Gasteiger partial charge in [0.05, 0.1) is 25.5 Å². The van der Waals surface area contributed by atoms with Crippen LogP contribution in [0.2, 0.25) is 0 Å². The molecule has 17 heavy (non-hydrogen) atoms. The summed E-state index contributed by atoms with van der Waals surface area (Å²) in [6, 6.07) is 7.96. The lowest BCUT2D eigenvalue weighted by molar-refractivity contribution is -0.0979. The number of rotatable bonds is 6. The third-order valence-corrected chi connectivity index (χ3v) is 3.09. The lowest BCUT2D eigenvalue weighted by atomic mass is 9.86. The van der Waals surface area contributed by atoms with E-state index in [0.29, 0.717) is 13.2 Å². The molecule has 0 radical (unpaired) electrons. The van der Waals surface area contributed by atoms with Gasteiger partial charge in [0.2, 0.25) is 0 Å².